The summed E-state index contributed by atoms with van der Waals surface area (Å²) < 4.78 is 16.7. The van der Waals surface area contributed by atoms with Crippen LogP contribution in [0.4, 0.5) is 0 Å². The van der Waals surface area contributed by atoms with Crippen molar-refractivity contribution < 1.29 is 28.6 Å². The number of esters is 1. The Balaban J connectivity index is 1.80. The Labute approximate surface area is 228 Å². The highest BCUT2D eigenvalue weighted by Gasteiger charge is 2.50. The van der Waals surface area contributed by atoms with E-state index in [1.54, 1.807) is 48.4 Å². The number of nitrogens with one attached hydrogen (secondary N) is 1. The van der Waals surface area contributed by atoms with Crippen molar-refractivity contribution >= 4 is 17.8 Å². The van der Waals surface area contributed by atoms with E-state index in [1.165, 1.54) is 7.11 Å². The lowest BCUT2D eigenvalue weighted by Crippen LogP contribution is -2.50. The van der Waals surface area contributed by atoms with Gasteiger partial charge in [0.2, 0.25) is 0 Å². The van der Waals surface area contributed by atoms with Crippen molar-refractivity contribution in [3.8, 4) is 5.75 Å². The summed E-state index contributed by atoms with van der Waals surface area (Å²) in [4.78, 5) is 42.1. The summed E-state index contributed by atoms with van der Waals surface area (Å²) in [5, 5.41) is 2.85. The summed E-state index contributed by atoms with van der Waals surface area (Å²) in [7, 11) is 2.87. The van der Waals surface area contributed by atoms with Crippen LogP contribution in [-0.4, -0.2) is 49.0 Å². The quantitative estimate of drug-likeness (QED) is 0.404. The van der Waals surface area contributed by atoms with Gasteiger partial charge in [-0.1, -0.05) is 80.9 Å². The van der Waals surface area contributed by atoms with Gasteiger partial charge in [-0.3, -0.25) is 14.5 Å². The topological polar surface area (TPSA) is 94.2 Å². The zero-order chi connectivity index (χ0) is 27.9. The van der Waals surface area contributed by atoms with Crippen molar-refractivity contribution in [3.63, 3.8) is 0 Å². The number of carbonyl (C=O) groups is 3. The Kier molecular flexibility index (Phi) is 8.99. The fourth-order valence-corrected chi connectivity index (χ4v) is 4.76. The number of methoxy groups -OCH3 is 2. The first-order chi connectivity index (χ1) is 18.9. The Morgan fingerprint density at radius 1 is 0.897 bits per heavy atom. The van der Waals surface area contributed by atoms with Gasteiger partial charge < -0.3 is 19.5 Å². The van der Waals surface area contributed by atoms with Crippen molar-refractivity contribution in [2.75, 3.05) is 14.2 Å². The minimum absolute atomic E-state index is 0.169. The molecule has 1 aliphatic rings. The molecule has 0 bridgehead atoms. The number of hydrogen-bond acceptors (Lipinski definition) is 6. The predicted octanol–water partition coefficient (Wildman–Crippen LogP) is 4.68. The van der Waals surface area contributed by atoms with Gasteiger partial charge >= 0.3 is 5.97 Å². The largest absolute Gasteiger partial charge is 0.497 e. The number of carbonyl (C=O) groups excluding carboxylic acids is 3. The summed E-state index contributed by atoms with van der Waals surface area (Å²) in [5.41, 5.74) is 1.88. The van der Waals surface area contributed by atoms with E-state index in [2.05, 4.69) is 5.32 Å². The lowest BCUT2D eigenvalue weighted by molar-refractivity contribution is -0.148. The van der Waals surface area contributed by atoms with E-state index in [-0.39, 0.29) is 11.8 Å². The van der Waals surface area contributed by atoms with Crippen molar-refractivity contribution in [2.24, 2.45) is 5.92 Å². The smallest absolute Gasteiger partial charge is 0.328 e. The maximum Gasteiger partial charge on any atom is 0.328 e. The molecule has 1 saturated heterocycles. The molecule has 1 fully saturated rings. The molecule has 3 aromatic carbocycles. The third-order valence-corrected chi connectivity index (χ3v) is 7.14. The average Bonchev–Trinajstić information content (AvgIpc) is 3.40. The van der Waals surface area contributed by atoms with Gasteiger partial charge in [-0.15, -0.1) is 0 Å². The molecule has 1 unspecified atom stereocenters. The van der Waals surface area contributed by atoms with Crippen LogP contribution >= 0.6 is 0 Å². The van der Waals surface area contributed by atoms with Crippen molar-refractivity contribution in [1.29, 1.82) is 0 Å². The van der Waals surface area contributed by atoms with Crippen LogP contribution in [-0.2, 0) is 19.1 Å². The van der Waals surface area contributed by atoms with Crippen LogP contribution < -0.4 is 10.1 Å². The molecule has 2 amide bonds. The second-order valence-electron chi connectivity index (χ2n) is 9.51. The van der Waals surface area contributed by atoms with E-state index in [1.807, 2.05) is 62.4 Å². The molecule has 3 aromatic rings. The van der Waals surface area contributed by atoms with Gasteiger partial charge in [-0.2, -0.15) is 0 Å². The van der Waals surface area contributed by atoms with Crippen LogP contribution in [0.2, 0.25) is 0 Å². The molecule has 0 aromatic heterocycles. The lowest BCUT2D eigenvalue weighted by atomic mass is 9.96. The first kappa shape index (κ1) is 27.9. The summed E-state index contributed by atoms with van der Waals surface area (Å²) in [5.74, 6) is -0.831. The number of benzene rings is 3. The van der Waals surface area contributed by atoms with Crippen LogP contribution in [0.1, 0.15) is 54.0 Å². The molecule has 204 valence electrons. The summed E-state index contributed by atoms with van der Waals surface area (Å²) in [6.07, 6.45) is -1.31. The van der Waals surface area contributed by atoms with E-state index in [0.29, 0.717) is 23.3 Å². The van der Waals surface area contributed by atoms with E-state index >= 15 is 0 Å². The first-order valence-corrected chi connectivity index (χ1v) is 13.0. The normalized spacial score (nSPS) is 20.1. The molecule has 1 heterocycles. The molecule has 1 N–H and O–H groups in total. The molecular formula is C31H34N2O6. The van der Waals surface area contributed by atoms with Gasteiger partial charge in [0.05, 0.1) is 20.3 Å². The second kappa shape index (κ2) is 12.6. The van der Waals surface area contributed by atoms with Gasteiger partial charge in [-0.05, 0) is 35.7 Å². The number of ether oxygens (including phenoxy) is 3. The SMILES string of the molecule is CC[C@H](C)[C@@H](NC(=O)[C@H]1OC(c2ccc(OC)cc2)N(C(=O)c2ccccc2)[C@@H]1c1ccccc1)C(=O)OC. The van der Waals surface area contributed by atoms with Crippen LogP contribution in [0.15, 0.2) is 84.9 Å². The number of rotatable bonds is 9. The van der Waals surface area contributed by atoms with E-state index < -0.39 is 36.3 Å². The molecule has 8 heteroatoms. The Morgan fingerprint density at radius 3 is 2.08 bits per heavy atom. The Morgan fingerprint density at radius 2 is 1.51 bits per heavy atom. The molecule has 4 rings (SSSR count). The van der Waals surface area contributed by atoms with Gasteiger partial charge in [0.25, 0.3) is 11.8 Å². The number of amides is 2. The fourth-order valence-electron chi connectivity index (χ4n) is 4.76. The maximum absolute atomic E-state index is 14.1. The Hall–Kier alpha value is -4.17. The molecule has 8 nitrogen and oxygen atoms in total. The molecule has 0 radical (unpaired) electrons. The minimum atomic E-state index is -1.09. The summed E-state index contributed by atoms with van der Waals surface area (Å²) >= 11 is 0. The zero-order valence-electron chi connectivity index (χ0n) is 22.6. The molecule has 0 aliphatic carbocycles. The van der Waals surface area contributed by atoms with Gasteiger partial charge in [0.1, 0.15) is 11.8 Å². The highest BCUT2D eigenvalue weighted by molar-refractivity contribution is 5.96. The van der Waals surface area contributed by atoms with Crippen molar-refractivity contribution in [3.05, 3.63) is 102 Å². The molecule has 39 heavy (non-hydrogen) atoms. The molecule has 1 aliphatic heterocycles. The highest BCUT2D eigenvalue weighted by Crippen LogP contribution is 2.44. The summed E-state index contributed by atoms with van der Waals surface area (Å²) in [6, 6.07) is 23.8. The van der Waals surface area contributed by atoms with Crippen molar-refractivity contribution in [2.45, 2.75) is 44.7 Å². The average molecular weight is 531 g/mol. The predicted molar refractivity (Wildman–Crippen MR) is 146 cm³/mol. The van der Waals surface area contributed by atoms with Gasteiger partial charge in [0.15, 0.2) is 12.3 Å². The monoisotopic (exact) mass is 530 g/mol. The minimum Gasteiger partial charge on any atom is -0.497 e. The molecule has 0 saturated carbocycles. The molecule has 5 atom stereocenters. The maximum atomic E-state index is 14.1. The van der Waals surface area contributed by atoms with E-state index in [4.69, 9.17) is 14.2 Å². The zero-order valence-corrected chi connectivity index (χ0v) is 22.6. The Bertz CT molecular complexity index is 1270. The van der Waals surface area contributed by atoms with Crippen LogP contribution in [0.3, 0.4) is 0 Å². The van der Waals surface area contributed by atoms with Gasteiger partial charge in [0, 0.05) is 11.1 Å². The standard InChI is InChI=1S/C31H34N2O6/c1-5-20(2)25(31(36)38-4)32-28(34)27-26(21-12-8-6-9-13-21)33(29(35)22-14-10-7-11-15-22)30(39-27)23-16-18-24(37-3)19-17-23/h6-20,25-27,30H,5H2,1-4H3,(H,32,34)/t20-,25+,26+,27-,30?/m0/s1. The second-order valence-corrected chi connectivity index (χ2v) is 9.51. The lowest BCUT2D eigenvalue weighted by Gasteiger charge is -2.30. The fraction of sp³-hybridized carbons (Fsp3) is 0.323. The van der Waals surface area contributed by atoms with Crippen LogP contribution in [0.5, 0.6) is 5.75 Å². The van der Waals surface area contributed by atoms with E-state index in [0.717, 1.165) is 5.56 Å². The third kappa shape index (κ3) is 5.96. The molecular weight excluding hydrogens is 496 g/mol. The summed E-state index contributed by atoms with van der Waals surface area (Å²) in [6.45, 7) is 3.81. The number of nitrogens with zero attached hydrogens (tertiary/aromatic N) is 1. The van der Waals surface area contributed by atoms with Gasteiger partial charge in [-0.25, -0.2) is 4.79 Å². The van der Waals surface area contributed by atoms with Crippen LogP contribution in [0, 0.1) is 5.92 Å². The molecule has 0 spiro atoms. The highest BCUT2D eigenvalue weighted by atomic mass is 16.5. The number of hydrogen-bond donors (Lipinski definition) is 1. The first-order valence-electron chi connectivity index (χ1n) is 13.0. The van der Waals surface area contributed by atoms with Crippen LogP contribution in [0.25, 0.3) is 0 Å². The van der Waals surface area contributed by atoms with Crippen molar-refractivity contribution in [1.82, 2.24) is 10.2 Å². The van der Waals surface area contributed by atoms with E-state index in [9.17, 15) is 14.4 Å². The third-order valence-electron chi connectivity index (χ3n) is 7.14.